The summed E-state index contributed by atoms with van der Waals surface area (Å²) in [6.45, 7) is 1.96. The standard InChI is InChI=1S/C44H34N4O3S2/c1-29-12-10-13-30(24-29)25-38(46-41(49)33-17-6-3-7-18-33)42(50)45-36-20-11-21-37(27-36)53-40(32-15-4-2-5-16-32)43(51)48-44-47-39(28-52-44)35-23-22-31-14-8-9-19-34(31)26-35/h2-28,40H,1H3,(H,45,50)(H,46,49)(H,47,48,51)/b38-25+. The van der Waals surface area contributed by atoms with Crippen LogP contribution in [-0.2, 0) is 9.59 Å². The van der Waals surface area contributed by atoms with E-state index in [1.165, 1.54) is 23.1 Å². The van der Waals surface area contributed by atoms with Gasteiger partial charge in [0.25, 0.3) is 11.8 Å². The van der Waals surface area contributed by atoms with Gasteiger partial charge in [-0.15, -0.1) is 23.1 Å². The molecule has 0 fully saturated rings. The van der Waals surface area contributed by atoms with Crippen molar-refractivity contribution < 1.29 is 14.4 Å². The molecule has 1 heterocycles. The zero-order chi connectivity index (χ0) is 36.6. The molecule has 0 bridgehead atoms. The maximum Gasteiger partial charge on any atom is 0.272 e. The van der Waals surface area contributed by atoms with Gasteiger partial charge in [0, 0.05) is 27.1 Å². The monoisotopic (exact) mass is 730 g/mol. The van der Waals surface area contributed by atoms with Crippen LogP contribution in [0.15, 0.2) is 168 Å². The summed E-state index contributed by atoms with van der Waals surface area (Å²) >= 11 is 2.74. The predicted octanol–water partition coefficient (Wildman–Crippen LogP) is 10.2. The molecule has 1 unspecified atom stereocenters. The Balaban J connectivity index is 1.09. The van der Waals surface area contributed by atoms with Crippen molar-refractivity contribution in [3.05, 3.63) is 185 Å². The summed E-state index contributed by atoms with van der Waals surface area (Å²) in [7, 11) is 0. The van der Waals surface area contributed by atoms with Crippen LogP contribution in [0.3, 0.4) is 0 Å². The van der Waals surface area contributed by atoms with Crippen LogP contribution in [0.5, 0.6) is 0 Å². The molecule has 3 amide bonds. The van der Waals surface area contributed by atoms with Crippen molar-refractivity contribution in [2.75, 3.05) is 10.6 Å². The Morgan fingerprint density at radius 1 is 0.717 bits per heavy atom. The number of aryl methyl sites for hydroxylation is 1. The Kier molecular flexibility index (Phi) is 10.9. The first-order chi connectivity index (χ1) is 25.9. The van der Waals surface area contributed by atoms with Crippen LogP contribution >= 0.6 is 23.1 Å². The molecule has 53 heavy (non-hydrogen) atoms. The molecule has 7 nitrogen and oxygen atoms in total. The molecule has 6 aromatic carbocycles. The lowest BCUT2D eigenvalue weighted by atomic mass is 10.1. The van der Waals surface area contributed by atoms with Crippen LogP contribution in [0.4, 0.5) is 10.8 Å². The first-order valence-electron chi connectivity index (χ1n) is 16.9. The molecule has 9 heteroatoms. The molecule has 0 radical (unpaired) electrons. The van der Waals surface area contributed by atoms with Crippen LogP contribution < -0.4 is 16.0 Å². The Hall–Kier alpha value is -6.29. The van der Waals surface area contributed by atoms with Crippen molar-refractivity contribution >= 4 is 68.5 Å². The second-order valence-corrected chi connectivity index (χ2v) is 14.3. The number of hydrogen-bond donors (Lipinski definition) is 3. The van der Waals surface area contributed by atoms with E-state index in [-0.39, 0.29) is 11.6 Å². The van der Waals surface area contributed by atoms with Crippen LogP contribution in [-0.4, -0.2) is 22.7 Å². The molecule has 0 aliphatic carbocycles. The van der Waals surface area contributed by atoms with Gasteiger partial charge in [0.05, 0.1) is 5.69 Å². The second-order valence-electron chi connectivity index (χ2n) is 12.3. The number of carbonyl (C=O) groups excluding carboxylic acids is 3. The number of carbonyl (C=O) groups is 3. The van der Waals surface area contributed by atoms with Crippen molar-refractivity contribution in [3.63, 3.8) is 0 Å². The molecule has 1 aromatic heterocycles. The number of benzene rings is 6. The summed E-state index contributed by atoms with van der Waals surface area (Å²) in [5.74, 6) is -1.10. The minimum absolute atomic E-state index is 0.0931. The van der Waals surface area contributed by atoms with Crippen LogP contribution in [0.1, 0.15) is 32.3 Å². The first kappa shape index (κ1) is 35.1. The predicted molar refractivity (Wildman–Crippen MR) is 217 cm³/mol. The summed E-state index contributed by atoms with van der Waals surface area (Å²) in [5, 5.41) is 12.9. The molecule has 0 saturated heterocycles. The Labute approximate surface area is 315 Å². The maximum atomic E-state index is 13.9. The van der Waals surface area contributed by atoms with Crippen molar-refractivity contribution in [1.29, 1.82) is 0 Å². The number of thioether (sulfide) groups is 1. The Morgan fingerprint density at radius 2 is 1.45 bits per heavy atom. The summed E-state index contributed by atoms with van der Waals surface area (Å²) < 4.78 is 0. The van der Waals surface area contributed by atoms with Crippen LogP contribution in [0.25, 0.3) is 28.1 Å². The van der Waals surface area contributed by atoms with Gasteiger partial charge < -0.3 is 16.0 Å². The third-order valence-corrected chi connectivity index (χ3v) is 10.4. The van der Waals surface area contributed by atoms with Gasteiger partial charge in [0.15, 0.2) is 5.13 Å². The molecule has 260 valence electrons. The van der Waals surface area contributed by atoms with E-state index < -0.39 is 17.1 Å². The molecule has 0 saturated carbocycles. The maximum absolute atomic E-state index is 13.9. The number of rotatable bonds is 11. The highest BCUT2D eigenvalue weighted by atomic mass is 32.2. The van der Waals surface area contributed by atoms with E-state index in [1.807, 2.05) is 109 Å². The fourth-order valence-corrected chi connectivity index (χ4v) is 7.54. The zero-order valence-electron chi connectivity index (χ0n) is 28.7. The minimum atomic E-state index is -0.614. The Bertz CT molecular complexity index is 2440. The lowest BCUT2D eigenvalue weighted by Crippen LogP contribution is -2.30. The zero-order valence-corrected chi connectivity index (χ0v) is 30.3. The van der Waals surface area contributed by atoms with Crippen molar-refractivity contribution in [1.82, 2.24) is 10.3 Å². The summed E-state index contributed by atoms with van der Waals surface area (Å²) in [6.07, 6.45) is 1.65. The highest BCUT2D eigenvalue weighted by Crippen LogP contribution is 2.38. The lowest BCUT2D eigenvalue weighted by Gasteiger charge is -2.17. The van der Waals surface area contributed by atoms with Crippen molar-refractivity contribution in [2.24, 2.45) is 0 Å². The van der Waals surface area contributed by atoms with Gasteiger partial charge in [0.2, 0.25) is 5.91 Å². The van der Waals surface area contributed by atoms with E-state index in [2.05, 4.69) is 40.2 Å². The van der Waals surface area contributed by atoms with Crippen molar-refractivity contribution in [2.45, 2.75) is 17.1 Å². The van der Waals surface area contributed by atoms with E-state index in [0.717, 1.165) is 43.6 Å². The number of aromatic nitrogens is 1. The average Bonchev–Trinajstić information content (AvgIpc) is 3.65. The highest BCUT2D eigenvalue weighted by molar-refractivity contribution is 8.00. The third kappa shape index (κ3) is 8.96. The van der Waals surface area contributed by atoms with E-state index in [4.69, 9.17) is 4.98 Å². The number of amides is 3. The minimum Gasteiger partial charge on any atom is -0.321 e. The van der Waals surface area contributed by atoms with Crippen LogP contribution in [0, 0.1) is 6.92 Å². The number of anilines is 2. The van der Waals surface area contributed by atoms with Gasteiger partial charge in [-0.1, -0.05) is 121 Å². The van der Waals surface area contributed by atoms with Gasteiger partial charge in [-0.3, -0.25) is 14.4 Å². The fraction of sp³-hybridized carbons (Fsp3) is 0.0455. The van der Waals surface area contributed by atoms with Gasteiger partial charge in [-0.05, 0) is 71.3 Å². The third-order valence-electron chi connectivity index (χ3n) is 8.35. The Morgan fingerprint density at radius 3 is 2.25 bits per heavy atom. The molecule has 0 aliphatic heterocycles. The number of fused-ring (bicyclic) bond motifs is 1. The lowest BCUT2D eigenvalue weighted by molar-refractivity contribution is -0.116. The molecule has 1 atom stereocenters. The molecular formula is C44H34N4O3S2. The van der Waals surface area contributed by atoms with E-state index in [9.17, 15) is 14.4 Å². The normalized spacial score (nSPS) is 11.8. The summed E-state index contributed by atoms with van der Waals surface area (Å²) in [6, 6.07) is 47.7. The smallest absolute Gasteiger partial charge is 0.272 e. The number of hydrogen-bond acceptors (Lipinski definition) is 6. The van der Waals surface area contributed by atoms with E-state index in [1.54, 1.807) is 36.4 Å². The average molecular weight is 731 g/mol. The number of thiazole rings is 1. The quantitative estimate of drug-likeness (QED) is 0.0909. The molecule has 0 spiro atoms. The largest absolute Gasteiger partial charge is 0.321 e. The van der Waals surface area contributed by atoms with E-state index in [0.29, 0.717) is 16.4 Å². The molecule has 3 N–H and O–H groups in total. The van der Waals surface area contributed by atoms with Crippen LogP contribution in [0.2, 0.25) is 0 Å². The molecule has 0 aliphatic rings. The number of nitrogens with zero attached hydrogens (tertiary/aromatic N) is 1. The van der Waals surface area contributed by atoms with Gasteiger partial charge >= 0.3 is 0 Å². The topological polar surface area (TPSA) is 100 Å². The van der Waals surface area contributed by atoms with Gasteiger partial charge in [0.1, 0.15) is 10.9 Å². The van der Waals surface area contributed by atoms with Crippen molar-refractivity contribution in [3.8, 4) is 11.3 Å². The summed E-state index contributed by atoms with van der Waals surface area (Å²) in [4.78, 5) is 46.3. The number of nitrogens with one attached hydrogen (secondary N) is 3. The summed E-state index contributed by atoms with van der Waals surface area (Å²) in [5.41, 5.74) is 5.42. The first-order valence-corrected chi connectivity index (χ1v) is 18.7. The molecule has 7 rings (SSSR count). The van der Waals surface area contributed by atoms with Gasteiger partial charge in [-0.2, -0.15) is 0 Å². The fourth-order valence-electron chi connectivity index (χ4n) is 5.73. The van der Waals surface area contributed by atoms with E-state index >= 15 is 0 Å². The van der Waals surface area contributed by atoms with Gasteiger partial charge in [-0.25, -0.2) is 4.98 Å². The SMILES string of the molecule is Cc1cccc(/C=C(/NC(=O)c2ccccc2)C(=O)Nc2cccc(SC(C(=O)Nc3nc(-c4ccc5ccccc5c4)cs3)c3ccccc3)c2)c1. The molecule has 7 aromatic rings. The highest BCUT2D eigenvalue weighted by Gasteiger charge is 2.24. The molecular weight excluding hydrogens is 697 g/mol. The second kappa shape index (κ2) is 16.4.